The molecule has 17 nitrogen and oxygen atoms in total. The molecule has 0 bridgehead atoms. The van der Waals surface area contributed by atoms with E-state index in [0.717, 1.165) is 72.0 Å². The van der Waals surface area contributed by atoms with Crippen LogP contribution in [0.5, 0.6) is 17.4 Å². The molecular weight excluding hydrogens is 847 g/mol. The van der Waals surface area contributed by atoms with Gasteiger partial charge in [-0.15, -0.1) is 0 Å². The molecule has 7 aromatic rings. The molecule has 5 aromatic heterocycles. The van der Waals surface area contributed by atoms with E-state index in [2.05, 4.69) is 55.9 Å². The molecule has 2 atom stereocenters. The number of anilines is 3. The highest BCUT2D eigenvalue weighted by molar-refractivity contribution is 5.98. The molecule has 1 aliphatic heterocycles. The zero-order valence-corrected chi connectivity index (χ0v) is 38.8. The number of nitrogen functional groups attached to an aromatic ring is 1. The van der Waals surface area contributed by atoms with Crippen LogP contribution in [0, 0.1) is 0 Å². The number of hydrogen-bond donors (Lipinski definition) is 3. The molecule has 67 heavy (non-hydrogen) atoms. The molecule has 0 radical (unpaired) electrons. The van der Waals surface area contributed by atoms with Crippen LogP contribution in [0.25, 0.3) is 27.9 Å². The average molecular weight is 908 g/mol. The van der Waals surface area contributed by atoms with E-state index in [1.165, 1.54) is 6.33 Å². The van der Waals surface area contributed by atoms with Crippen LogP contribution in [0.4, 0.5) is 17.5 Å². The number of benzene rings is 2. The van der Waals surface area contributed by atoms with Crippen LogP contribution >= 0.6 is 0 Å². The maximum atomic E-state index is 13.5. The summed E-state index contributed by atoms with van der Waals surface area (Å²) in [5.41, 5.74) is 11.5. The normalized spacial score (nSPS) is 14.6. The van der Waals surface area contributed by atoms with Gasteiger partial charge in [0.05, 0.1) is 17.6 Å². The van der Waals surface area contributed by atoms with Gasteiger partial charge in [-0.25, -0.2) is 24.6 Å². The maximum Gasteiger partial charge on any atom is 0.246 e. The standard InChI is InChI=1S/C50H61N13O4/c1-5-36-32-56-63-42(29-43(57-49(36)63)61(7-3)38(6-2)23-27-64)52-30-35-17-22-44(53-31-35)66-28-26-59(4)24-12-16-45(65)60-25-11-13-39(33-60)62-50-46(48(51)54-34-55-50)47(58-62)37-18-20-41(21-19-37)67-40-14-9-8-10-15-40/h8-10,12,14-22,29,31-32,34,38-39,52,64H,5-7,11,13,23-28,30,33H2,1-4H3,(H2,51,54,55)/b16-12+. The zero-order valence-electron chi connectivity index (χ0n) is 38.8. The van der Waals surface area contributed by atoms with Gasteiger partial charge >= 0.3 is 0 Å². The van der Waals surface area contributed by atoms with Crippen molar-refractivity contribution >= 4 is 40.0 Å². The number of rotatable bonds is 21. The largest absolute Gasteiger partial charge is 0.476 e. The number of nitrogens with zero attached hydrogens (tertiary/aromatic N) is 11. The third kappa shape index (κ3) is 11.0. The van der Waals surface area contributed by atoms with Crippen molar-refractivity contribution in [3.63, 3.8) is 0 Å². The minimum atomic E-state index is -0.0815. The number of para-hydroxylation sites is 1. The minimum absolute atomic E-state index is 0.0387. The molecule has 350 valence electrons. The van der Waals surface area contributed by atoms with Crippen LogP contribution < -0.4 is 25.4 Å². The van der Waals surface area contributed by atoms with Gasteiger partial charge in [0.2, 0.25) is 11.8 Å². The molecule has 1 fully saturated rings. The summed E-state index contributed by atoms with van der Waals surface area (Å²) in [5.74, 6) is 4.03. The van der Waals surface area contributed by atoms with Crippen molar-refractivity contribution in [2.75, 3.05) is 68.9 Å². The SMILES string of the molecule is CCc1cnn2c(NCc3ccc(OCCN(C)C/C=C/C(=O)N4CCCC(n5nc(-c6ccc(Oc7ccccc7)cc6)c6c(N)ncnc65)C4)nc3)cc(N(CC)C(CC)CCO)nc12. The molecule has 1 amide bonds. The molecular formula is C50H61N13O4. The lowest BCUT2D eigenvalue weighted by Gasteiger charge is -2.32. The fraction of sp³-hybridized carbons (Fsp3) is 0.380. The lowest BCUT2D eigenvalue weighted by atomic mass is 10.1. The molecule has 1 aliphatic rings. The van der Waals surface area contributed by atoms with Crippen molar-refractivity contribution in [2.45, 2.75) is 71.5 Å². The van der Waals surface area contributed by atoms with Crippen molar-refractivity contribution < 1.29 is 19.4 Å². The van der Waals surface area contributed by atoms with Gasteiger partial charge in [-0.05, 0) is 88.0 Å². The van der Waals surface area contributed by atoms with Crippen molar-refractivity contribution in [1.82, 2.24) is 49.1 Å². The van der Waals surface area contributed by atoms with E-state index in [1.54, 1.807) is 6.08 Å². The summed E-state index contributed by atoms with van der Waals surface area (Å²) >= 11 is 0. The number of aromatic nitrogens is 8. The summed E-state index contributed by atoms with van der Waals surface area (Å²) in [4.78, 5) is 38.2. The van der Waals surface area contributed by atoms with Gasteiger partial charge in [0.15, 0.2) is 11.3 Å². The molecule has 0 saturated carbocycles. The first-order chi connectivity index (χ1) is 32.8. The Hall–Kier alpha value is -7.11. The van der Waals surface area contributed by atoms with Gasteiger partial charge < -0.3 is 35.4 Å². The van der Waals surface area contributed by atoms with E-state index in [4.69, 9.17) is 25.3 Å². The molecule has 17 heteroatoms. The van der Waals surface area contributed by atoms with Crippen LogP contribution in [0.15, 0.2) is 104 Å². The smallest absolute Gasteiger partial charge is 0.246 e. The highest BCUT2D eigenvalue weighted by Crippen LogP contribution is 2.35. The van der Waals surface area contributed by atoms with Gasteiger partial charge in [0, 0.05) is 87.4 Å². The van der Waals surface area contributed by atoms with Crippen LogP contribution in [0.2, 0.25) is 0 Å². The summed E-state index contributed by atoms with van der Waals surface area (Å²) < 4.78 is 15.8. The molecule has 6 heterocycles. The van der Waals surface area contributed by atoms with Gasteiger partial charge in [0.25, 0.3) is 0 Å². The number of nitrogens with two attached hydrogens (primary N) is 1. The molecule has 8 rings (SSSR count). The Kier molecular flexibility index (Phi) is 15.2. The number of aryl methyl sites for hydroxylation is 1. The second kappa shape index (κ2) is 21.9. The Morgan fingerprint density at radius 1 is 1.01 bits per heavy atom. The number of carbonyl (C=O) groups excluding carboxylic acids is 1. The number of fused-ring (bicyclic) bond motifs is 2. The number of amides is 1. The summed E-state index contributed by atoms with van der Waals surface area (Å²) in [6, 6.07) is 23.4. The first-order valence-corrected chi connectivity index (χ1v) is 23.3. The number of aliphatic hydroxyl groups excluding tert-OH is 1. The maximum absolute atomic E-state index is 13.5. The number of hydrogen-bond acceptors (Lipinski definition) is 14. The van der Waals surface area contributed by atoms with Crippen LogP contribution in [-0.2, 0) is 17.8 Å². The lowest BCUT2D eigenvalue weighted by Crippen LogP contribution is -2.40. The molecule has 1 saturated heterocycles. The van der Waals surface area contributed by atoms with E-state index in [0.29, 0.717) is 79.9 Å². The summed E-state index contributed by atoms with van der Waals surface area (Å²) in [7, 11) is 1.99. The number of piperidine rings is 1. The number of ether oxygens (including phenoxy) is 2. The summed E-state index contributed by atoms with van der Waals surface area (Å²) in [5, 5.41) is 23.6. The number of likely N-dealkylation sites (N-methyl/N-ethyl adjacent to an activating group) is 1. The predicted molar refractivity (Wildman–Crippen MR) is 261 cm³/mol. The topological polar surface area (TPSA) is 190 Å². The lowest BCUT2D eigenvalue weighted by molar-refractivity contribution is -0.127. The van der Waals surface area contributed by atoms with Crippen LogP contribution in [-0.4, -0.2) is 119 Å². The molecule has 0 spiro atoms. The number of nitrogens with one attached hydrogen (secondary N) is 1. The zero-order chi connectivity index (χ0) is 46.7. The van der Waals surface area contributed by atoms with Gasteiger partial charge in [-0.3, -0.25) is 9.69 Å². The number of carbonyl (C=O) groups is 1. The molecule has 2 unspecified atom stereocenters. The van der Waals surface area contributed by atoms with Gasteiger partial charge in [-0.1, -0.05) is 44.2 Å². The summed E-state index contributed by atoms with van der Waals surface area (Å²) in [6.45, 7) is 10.6. The predicted octanol–water partition coefficient (Wildman–Crippen LogP) is 7.20. The minimum Gasteiger partial charge on any atom is -0.476 e. The first kappa shape index (κ1) is 46.4. The number of aliphatic hydroxyl groups is 1. The molecule has 2 aromatic carbocycles. The second-order valence-electron chi connectivity index (χ2n) is 16.8. The Labute approximate surface area is 391 Å². The van der Waals surface area contributed by atoms with Crippen LogP contribution in [0.1, 0.15) is 63.6 Å². The fourth-order valence-corrected chi connectivity index (χ4v) is 8.60. The summed E-state index contributed by atoms with van der Waals surface area (Å²) in [6.07, 6.45) is 12.8. The van der Waals surface area contributed by atoms with Crippen molar-refractivity contribution in [3.05, 3.63) is 115 Å². The molecule has 0 aliphatic carbocycles. The number of pyridine rings is 1. The Morgan fingerprint density at radius 2 is 1.84 bits per heavy atom. The van der Waals surface area contributed by atoms with Crippen LogP contribution in [0.3, 0.4) is 0 Å². The fourth-order valence-electron chi connectivity index (χ4n) is 8.60. The van der Waals surface area contributed by atoms with Crippen molar-refractivity contribution in [2.24, 2.45) is 0 Å². The van der Waals surface area contributed by atoms with E-state index in [-0.39, 0.29) is 24.6 Å². The Morgan fingerprint density at radius 3 is 2.58 bits per heavy atom. The average Bonchev–Trinajstić information content (AvgIpc) is 3.97. The van der Waals surface area contributed by atoms with Crippen molar-refractivity contribution in [3.8, 4) is 28.6 Å². The third-order valence-corrected chi connectivity index (χ3v) is 12.3. The molecule has 4 N–H and O–H groups in total. The van der Waals surface area contributed by atoms with E-state index in [9.17, 15) is 9.90 Å². The van der Waals surface area contributed by atoms with E-state index in [1.807, 2.05) is 112 Å². The quantitative estimate of drug-likeness (QED) is 0.0614. The highest BCUT2D eigenvalue weighted by atomic mass is 16.5. The Bertz CT molecular complexity index is 2740. The van der Waals surface area contributed by atoms with Crippen molar-refractivity contribution in [1.29, 1.82) is 0 Å². The van der Waals surface area contributed by atoms with E-state index >= 15 is 0 Å². The Balaban J connectivity index is 0.818. The number of likely N-dealkylation sites (tertiary alicyclic amines) is 1. The van der Waals surface area contributed by atoms with Gasteiger partial charge in [0.1, 0.15) is 47.6 Å². The third-order valence-electron chi connectivity index (χ3n) is 12.3. The van der Waals surface area contributed by atoms with Gasteiger partial charge in [-0.2, -0.15) is 14.7 Å². The first-order valence-electron chi connectivity index (χ1n) is 23.3. The van der Waals surface area contributed by atoms with E-state index < -0.39 is 0 Å². The highest BCUT2D eigenvalue weighted by Gasteiger charge is 2.28. The second-order valence-corrected chi connectivity index (χ2v) is 16.8. The monoisotopic (exact) mass is 907 g/mol.